The highest BCUT2D eigenvalue weighted by Gasteiger charge is 2.29. The van der Waals surface area contributed by atoms with Crippen molar-refractivity contribution < 1.29 is 44.8 Å². The van der Waals surface area contributed by atoms with Crippen molar-refractivity contribution in [3.05, 3.63) is 67.9 Å². The molecule has 0 radical (unpaired) electrons. The molecule has 0 aliphatic heterocycles. The number of nitrogens with zero attached hydrogens (tertiary/aromatic N) is 1. The van der Waals surface area contributed by atoms with E-state index in [-0.39, 0.29) is 11.8 Å². The number of amides is 1. The van der Waals surface area contributed by atoms with E-state index in [0.717, 1.165) is 19.2 Å². The summed E-state index contributed by atoms with van der Waals surface area (Å²) in [6.07, 6.45) is -0.154. The second-order valence-electron chi connectivity index (χ2n) is 5.61. The van der Waals surface area contributed by atoms with Gasteiger partial charge < -0.3 is 10.5 Å². The van der Waals surface area contributed by atoms with Crippen LogP contribution in [-0.4, -0.2) is 26.4 Å². The maximum Gasteiger partial charge on any atom is 0.312 e. The lowest BCUT2D eigenvalue weighted by Crippen LogP contribution is -2.26. The highest BCUT2D eigenvalue weighted by molar-refractivity contribution is 7.97. The van der Waals surface area contributed by atoms with Crippen LogP contribution in [-0.2, 0) is 14.8 Å². The van der Waals surface area contributed by atoms with Gasteiger partial charge in [-0.15, -0.1) is 0 Å². The number of methoxy groups -OCH3 is 1. The highest BCUT2D eigenvalue weighted by Crippen LogP contribution is 2.31. The maximum absolute atomic E-state index is 13.8. The zero-order valence-corrected chi connectivity index (χ0v) is 15.9. The third kappa shape index (κ3) is 4.55. The summed E-state index contributed by atoms with van der Waals surface area (Å²) >= 11 is 0. The molecule has 0 bridgehead atoms. The molecule has 0 atom stereocenters. The van der Waals surface area contributed by atoms with Gasteiger partial charge in [-0.3, -0.25) is 19.6 Å². The first-order chi connectivity index (χ1) is 14.3. The third-order valence-electron chi connectivity index (χ3n) is 3.68. The minimum Gasteiger partial charge on any atom is -0.490 e. The molecule has 3 N–H and O–H groups in total. The Balaban J connectivity index is 2.62. The molecular weight excluding hydrogens is 457 g/mol. The van der Waals surface area contributed by atoms with E-state index in [9.17, 15) is 45.3 Å². The van der Waals surface area contributed by atoms with Crippen LogP contribution in [0.4, 0.5) is 33.3 Å². The molecular formula is C16H10F5N3O6S. The van der Waals surface area contributed by atoms with Gasteiger partial charge in [-0.05, 0) is 18.2 Å². The van der Waals surface area contributed by atoms with Crippen LogP contribution in [0.25, 0.3) is 6.08 Å². The van der Waals surface area contributed by atoms with Gasteiger partial charge in [0, 0.05) is 6.07 Å². The van der Waals surface area contributed by atoms with Crippen molar-refractivity contribution >= 4 is 33.4 Å². The lowest BCUT2D eigenvalue weighted by atomic mass is 10.1. The highest BCUT2D eigenvalue weighted by atomic mass is 32.2. The molecule has 31 heavy (non-hydrogen) atoms. The minimum absolute atomic E-state index is 0.154. The zero-order chi connectivity index (χ0) is 23.7. The van der Waals surface area contributed by atoms with E-state index in [1.165, 1.54) is 0 Å². The fourth-order valence-corrected chi connectivity index (χ4v) is 3.35. The number of hydrogen-bond donors (Lipinski definition) is 2. The molecule has 0 heterocycles. The van der Waals surface area contributed by atoms with Crippen LogP contribution in [0.2, 0.25) is 0 Å². The van der Waals surface area contributed by atoms with Gasteiger partial charge in [-0.25, -0.2) is 30.4 Å². The van der Waals surface area contributed by atoms with Crippen molar-refractivity contribution in [2.75, 3.05) is 11.8 Å². The molecule has 0 saturated heterocycles. The second-order valence-corrected chi connectivity index (χ2v) is 7.26. The van der Waals surface area contributed by atoms with Crippen molar-refractivity contribution in [2.45, 2.75) is 0 Å². The summed E-state index contributed by atoms with van der Waals surface area (Å²) in [7, 11) is -4.00. The summed E-state index contributed by atoms with van der Waals surface area (Å²) in [5.74, 6) is -14.2. The number of nitro groups is 1. The fraction of sp³-hybridized carbons (Fsp3) is 0.0625. The molecule has 1 amide bonds. The first kappa shape index (κ1) is 23.5. The van der Waals surface area contributed by atoms with E-state index in [2.05, 4.69) is 0 Å². The minimum atomic E-state index is -5.10. The molecule has 166 valence electrons. The van der Waals surface area contributed by atoms with Gasteiger partial charge in [0.15, 0.2) is 33.9 Å². The van der Waals surface area contributed by atoms with Crippen LogP contribution in [0.1, 0.15) is 5.56 Å². The molecule has 0 aromatic heterocycles. The van der Waals surface area contributed by atoms with Crippen LogP contribution < -0.4 is 15.2 Å². The standard InChI is InChI=1S/C16H10F5N3O6S/c1-30-9-3-2-6(4-8(9)24(26)27)23-31(28,29)10(16(22)25)5-7-11(17)13(19)15(21)14(20)12(7)18/h2-5,23H,1H3,(H2,22,25). The van der Waals surface area contributed by atoms with Crippen molar-refractivity contribution in [1.82, 2.24) is 0 Å². The number of hydrogen-bond acceptors (Lipinski definition) is 6. The Bertz CT molecular complexity index is 1200. The summed E-state index contributed by atoms with van der Waals surface area (Å²) < 4.78 is 98.8. The Kier molecular flexibility index (Phi) is 6.49. The third-order valence-corrected chi connectivity index (χ3v) is 5.08. The molecule has 2 rings (SSSR count). The number of halogens is 5. The van der Waals surface area contributed by atoms with Gasteiger partial charge in [0.05, 0.1) is 23.3 Å². The monoisotopic (exact) mass is 467 g/mol. The van der Waals surface area contributed by atoms with Gasteiger partial charge in [0.1, 0.15) is 0 Å². The number of nitro benzene ring substituents is 1. The molecule has 0 unspecified atom stereocenters. The van der Waals surface area contributed by atoms with E-state index < -0.39 is 71.8 Å². The van der Waals surface area contributed by atoms with E-state index in [1.807, 2.05) is 0 Å². The van der Waals surface area contributed by atoms with Crippen LogP contribution in [0.5, 0.6) is 5.75 Å². The first-order valence-corrected chi connectivity index (χ1v) is 9.18. The van der Waals surface area contributed by atoms with Crippen LogP contribution in [0, 0.1) is 39.2 Å². The summed E-state index contributed by atoms with van der Waals surface area (Å²) in [6, 6.07) is 2.65. The quantitative estimate of drug-likeness (QED) is 0.160. The number of sulfonamides is 1. The van der Waals surface area contributed by atoms with Crippen molar-refractivity contribution in [3.63, 3.8) is 0 Å². The fourth-order valence-electron chi connectivity index (χ4n) is 2.27. The first-order valence-electron chi connectivity index (χ1n) is 7.70. The van der Waals surface area contributed by atoms with Gasteiger partial charge in [-0.2, -0.15) is 0 Å². The summed E-state index contributed by atoms with van der Waals surface area (Å²) in [4.78, 5) is 20.1. The largest absolute Gasteiger partial charge is 0.490 e. The number of anilines is 1. The van der Waals surface area contributed by atoms with Crippen molar-refractivity contribution in [1.29, 1.82) is 0 Å². The average Bonchev–Trinajstić information content (AvgIpc) is 2.69. The summed E-state index contributed by atoms with van der Waals surface area (Å²) in [6.45, 7) is 0. The maximum atomic E-state index is 13.8. The number of carbonyl (C=O) groups is 1. The smallest absolute Gasteiger partial charge is 0.312 e. The lowest BCUT2D eigenvalue weighted by Gasteiger charge is -2.11. The van der Waals surface area contributed by atoms with Gasteiger partial charge in [-0.1, -0.05) is 0 Å². The number of primary amides is 1. The number of ether oxygens (including phenoxy) is 1. The molecule has 15 heteroatoms. The van der Waals surface area contributed by atoms with Crippen LogP contribution in [0.15, 0.2) is 23.1 Å². The number of nitrogens with two attached hydrogens (primary N) is 1. The number of benzene rings is 2. The second kappa shape index (κ2) is 8.55. The lowest BCUT2D eigenvalue weighted by molar-refractivity contribution is -0.385. The predicted molar refractivity (Wildman–Crippen MR) is 95.6 cm³/mol. The topological polar surface area (TPSA) is 142 Å². The normalized spacial score (nSPS) is 11.9. The van der Waals surface area contributed by atoms with Gasteiger partial charge >= 0.3 is 5.69 Å². The number of carbonyl (C=O) groups excluding carboxylic acids is 1. The van der Waals surface area contributed by atoms with E-state index in [0.29, 0.717) is 6.07 Å². The molecule has 0 aliphatic rings. The zero-order valence-electron chi connectivity index (χ0n) is 15.1. The Labute approximate surface area is 170 Å². The average molecular weight is 467 g/mol. The van der Waals surface area contributed by atoms with Crippen LogP contribution >= 0.6 is 0 Å². The molecule has 0 saturated carbocycles. The Morgan fingerprint density at radius 3 is 2.06 bits per heavy atom. The molecule has 0 spiro atoms. The Morgan fingerprint density at radius 2 is 1.61 bits per heavy atom. The summed E-state index contributed by atoms with van der Waals surface area (Å²) in [5, 5.41) is 11.0. The predicted octanol–water partition coefficient (Wildman–Crippen LogP) is 2.57. The Morgan fingerprint density at radius 1 is 1.10 bits per heavy atom. The van der Waals surface area contributed by atoms with Crippen molar-refractivity contribution in [2.24, 2.45) is 5.73 Å². The van der Waals surface area contributed by atoms with Crippen LogP contribution in [0.3, 0.4) is 0 Å². The SMILES string of the molecule is COc1ccc(NS(=O)(=O)C(=Cc2c(F)c(F)c(F)c(F)c2F)C(N)=O)cc1[N+](=O)[O-]. The summed E-state index contributed by atoms with van der Waals surface area (Å²) in [5.41, 5.74) is 1.96. The molecule has 0 fully saturated rings. The van der Waals surface area contributed by atoms with Crippen molar-refractivity contribution in [3.8, 4) is 5.75 Å². The van der Waals surface area contributed by atoms with E-state index in [4.69, 9.17) is 10.5 Å². The number of rotatable bonds is 7. The van der Waals surface area contributed by atoms with Gasteiger partial charge in [0.25, 0.3) is 15.9 Å². The van der Waals surface area contributed by atoms with Gasteiger partial charge in [0.2, 0.25) is 5.82 Å². The molecule has 9 nitrogen and oxygen atoms in total. The molecule has 0 aliphatic carbocycles. The number of nitrogens with one attached hydrogen (secondary N) is 1. The van der Waals surface area contributed by atoms with E-state index >= 15 is 0 Å². The van der Waals surface area contributed by atoms with E-state index in [1.54, 1.807) is 4.72 Å². The molecule has 2 aromatic carbocycles. The molecule has 2 aromatic rings. The Hall–Kier alpha value is -3.75.